The number of hydrogen-bond acceptors (Lipinski definition) is 3. The van der Waals surface area contributed by atoms with Crippen molar-refractivity contribution >= 4 is 0 Å². The number of ether oxygens (including phenoxy) is 1. The summed E-state index contributed by atoms with van der Waals surface area (Å²) in [7, 11) is 0. The molecule has 1 aliphatic carbocycles. The molecule has 16 heavy (non-hydrogen) atoms. The van der Waals surface area contributed by atoms with Gasteiger partial charge in [0.25, 0.3) is 0 Å². The molecule has 0 spiro atoms. The Balaban J connectivity index is 2.14. The smallest absolute Gasteiger partial charge is 0.137 e. The van der Waals surface area contributed by atoms with Crippen LogP contribution in [0.15, 0.2) is 18.2 Å². The second-order valence-electron chi connectivity index (χ2n) is 4.42. The van der Waals surface area contributed by atoms with E-state index in [-0.39, 0.29) is 12.1 Å². The lowest BCUT2D eigenvalue weighted by molar-refractivity contribution is 0.207. The fourth-order valence-electron chi connectivity index (χ4n) is 2.08. The van der Waals surface area contributed by atoms with Crippen LogP contribution in [0.2, 0.25) is 0 Å². The van der Waals surface area contributed by atoms with Crippen LogP contribution in [0.3, 0.4) is 0 Å². The zero-order valence-electron chi connectivity index (χ0n) is 9.44. The molecule has 2 atom stereocenters. The van der Waals surface area contributed by atoms with Gasteiger partial charge in [-0.1, -0.05) is 6.07 Å². The SMILES string of the molecule is Cc1ccc(C#N)c(OC2CCC(N)C2)c1. The van der Waals surface area contributed by atoms with Crippen molar-refractivity contribution in [2.24, 2.45) is 5.73 Å². The average molecular weight is 216 g/mol. The molecule has 84 valence electrons. The molecule has 0 aromatic heterocycles. The fraction of sp³-hybridized carbons (Fsp3) is 0.462. The van der Waals surface area contributed by atoms with E-state index in [1.165, 1.54) is 0 Å². The Labute approximate surface area is 95.8 Å². The molecule has 0 amide bonds. The highest BCUT2D eigenvalue weighted by Gasteiger charge is 2.23. The highest BCUT2D eigenvalue weighted by Crippen LogP contribution is 2.26. The summed E-state index contributed by atoms with van der Waals surface area (Å²) in [5, 5.41) is 8.98. The number of rotatable bonds is 2. The van der Waals surface area contributed by atoms with E-state index < -0.39 is 0 Å². The van der Waals surface area contributed by atoms with Gasteiger partial charge in [0.15, 0.2) is 0 Å². The molecular weight excluding hydrogens is 200 g/mol. The molecule has 0 heterocycles. The van der Waals surface area contributed by atoms with E-state index in [4.69, 9.17) is 15.7 Å². The molecule has 1 aromatic carbocycles. The van der Waals surface area contributed by atoms with E-state index in [0.29, 0.717) is 11.3 Å². The van der Waals surface area contributed by atoms with Crippen molar-refractivity contribution in [3.8, 4) is 11.8 Å². The van der Waals surface area contributed by atoms with Crippen LogP contribution in [0.4, 0.5) is 0 Å². The van der Waals surface area contributed by atoms with Gasteiger partial charge in [0.05, 0.1) is 5.56 Å². The third kappa shape index (κ3) is 2.34. The Kier molecular flexibility index (Phi) is 3.12. The van der Waals surface area contributed by atoms with Crippen LogP contribution in [0.1, 0.15) is 30.4 Å². The zero-order chi connectivity index (χ0) is 11.5. The van der Waals surface area contributed by atoms with Gasteiger partial charge >= 0.3 is 0 Å². The molecule has 2 unspecified atom stereocenters. The van der Waals surface area contributed by atoms with Crippen LogP contribution in [0.5, 0.6) is 5.75 Å². The summed E-state index contributed by atoms with van der Waals surface area (Å²) in [6, 6.07) is 8.05. The monoisotopic (exact) mass is 216 g/mol. The number of aryl methyl sites for hydroxylation is 1. The summed E-state index contributed by atoms with van der Waals surface area (Å²) in [5.74, 6) is 0.696. The molecule has 0 aliphatic heterocycles. The van der Waals surface area contributed by atoms with Gasteiger partial charge in [-0.15, -0.1) is 0 Å². The van der Waals surface area contributed by atoms with Gasteiger partial charge in [0, 0.05) is 6.04 Å². The maximum absolute atomic E-state index is 8.98. The topological polar surface area (TPSA) is 59.0 Å². The lowest BCUT2D eigenvalue weighted by atomic mass is 10.1. The minimum absolute atomic E-state index is 0.170. The quantitative estimate of drug-likeness (QED) is 0.823. The molecule has 0 bridgehead atoms. The largest absolute Gasteiger partial charge is 0.489 e. The van der Waals surface area contributed by atoms with Gasteiger partial charge < -0.3 is 10.5 Å². The van der Waals surface area contributed by atoms with Crippen molar-refractivity contribution in [3.05, 3.63) is 29.3 Å². The number of benzene rings is 1. The molecule has 2 rings (SSSR count). The van der Waals surface area contributed by atoms with Gasteiger partial charge in [-0.05, 0) is 43.9 Å². The van der Waals surface area contributed by atoms with Gasteiger partial charge in [-0.3, -0.25) is 0 Å². The summed E-state index contributed by atoms with van der Waals surface area (Å²) in [4.78, 5) is 0. The Morgan fingerprint density at radius 3 is 2.88 bits per heavy atom. The van der Waals surface area contributed by atoms with E-state index in [1.807, 2.05) is 19.1 Å². The number of nitrogens with two attached hydrogens (primary N) is 1. The van der Waals surface area contributed by atoms with E-state index in [2.05, 4.69) is 6.07 Å². The summed E-state index contributed by atoms with van der Waals surface area (Å²) in [5.41, 5.74) is 7.54. The molecule has 1 saturated carbocycles. The van der Waals surface area contributed by atoms with Crippen LogP contribution >= 0.6 is 0 Å². The lowest BCUT2D eigenvalue weighted by Crippen LogP contribution is -2.19. The lowest BCUT2D eigenvalue weighted by Gasteiger charge is -2.14. The van der Waals surface area contributed by atoms with Crippen LogP contribution in [0.25, 0.3) is 0 Å². The van der Waals surface area contributed by atoms with Gasteiger partial charge in [-0.2, -0.15) is 5.26 Å². The third-order valence-electron chi connectivity index (χ3n) is 2.98. The number of nitriles is 1. The maximum atomic E-state index is 8.98. The molecule has 1 aromatic rings. The summed E-state index contributed by atoms with van der Waals surface area (Å²) in [6.07, 6.45) is 3.06. The van der Waals surface area contributed by atoms with Crippen molar-refractivity contribution in [1.82, 2.24) is 0 Å². The average Bonchev–Trinajstić information content (AvgIpc) is 2.64. The van der Waals surface area contributed by atoms with E-state index >= 15 is 0 Å². The Morgan fingerprint density at radius 2 is 2.25 bits per heavy atom. The Bertz CT molecular complexity index is 422. The van der Waals surface area contributed by atoms with Crippen molar-refractivity contribution in [3.63, 3.8) is 0 Å². The number of nitrogens with zero attached hydrogens (tertiary/aromatic N) is 1. The van der Waals surface area contributed by atoms with Crippen LogP contribution < -0.4 is 10.5 Å². The van der Waals surface area contributed by atoms with E-state index in [0.717, 1.165) is 24.8 Å². The molecule has 2 N–H and O–H groups in total. The summed E-state index contributed by atoms with van der Waals surface area (Å²) < 4.78 is 5.85. The highest BCUT2D eigenvalue weighted by molar-refractivity contribution is 5.45. The maximum Gasteiger partial charge on any atom is 0.137 e. The first-order chi connectivity index (χ1) is 7.69. The second-order valence-corrected chi connectivity index (χ2v) is 4.42. The normalized spacial score (nSPS) is 24.1. The summed E-state index contributed by atoms with van der Waals surface area (Å²) in [6.45, 7) is 1.99. The fourth-order valence-corrected chi connectivity index (χ4v) is 2.08. The number of hydrogen-bond donors (Lipinski definition) is 1. The van der Waals surface area contributed by atoms with Gasteiger partial charge in [0.2, 0.25) is 0 Å². The van der Waals surface area contributed by atoms with Crippen molar-refractivity contribution < 1.29 is 4.74 Å². The molecular formula is C13H16N2O. The molecule has 3 heteroatoms. The van der Waals surface area contributed by atoms with Crippen LogP contribution in [0, 0.1) is 18.3 Å². The van der Waals surface area contributed by atoms with E-state index in [9.17, 15) is 0 Å². The Morgan fingerprint density at radius 1 is 1.44 bits per heavy atom. The van der Waals surface area contributed by atoms with Crippen molar-refractivity contribution in [2.45, 2.75) is 38.3 Å². The predicted molar refractivity (Wildman–Crippen MR) is 62.1 cm³/mol. The first-order valence-electron chi connectivity index (χ1n) is 5.62. The van der Waals surface area contributed by atoms with E-state index in [1.54, 1.807) is 6.07 Å². The predicted octanol–water partition coefficient (Wildman–Crippen LogP) is 2.13. The molecule has 0 radical (unpaired) electrons. The minimum atomic E-state index is 0.170. The van der Waals surface area contributed by atoms with Crippen LogP contribution in [-0.2, 0) is 0 Å². The van der Waals surface area contributed by atoms with Crippen molar-refractivity contribution in [2.75, 3.05) is 0 Å². The Hall–Kier alpha value is -1.53. The van der Waals surface area contributed by atoms with Gasteiger partial charge in [-0.25, -0.2) is 0 Å². The first-order valence-corrected chi connectivity index (χ1v) is 5.62. The highest BCUT2D eigenvalue weighted by atomic mass is 16.5. The molecule has 1 aliphatic rings. The molecule has 1 fully saturated rings. The van der Waals surface area contributed by atoms with Crippen LogP contribution in [-0.4, -0.2) is 12.1 Å². The first kappa shape index (κ1) is 11.0. The van der Waals surface area contributed by atoms with Gasteiger partial charge in [0.1, 0.15) is 17.9 Å². The standard InChI is InChI=1S/C13H16N2O/c1-9-2-3-10(8-14)13(6-9)16-12-5-4-11(15)7-12/h2-3,6,11-12H,4-5,7,15H2,1H3. The molecule has 0 saturated heterocycles. The zero-order valence-corrected chi connectivity index (χ0v) is 9.44. The summed E-state index contributed by atoms with van der Waals surface area (Å²) >= 11 is 0. The third-order valence-corrected chi connectivity index (χ3v) is 2.98. The molecule has 3 nitrogen and oxygen atoms in total. The van der Waals surface area contributed by atoms with Crippen molar-refractivity contribution in [1.29, 1.82) is 5.26 Å². The minimum Gasteiger partial charge on any atom is -0.489 e. The second kappa shape index (κ2) is 4.54.